The van der Waals surface area contributed by atoms with E-state index in [0.717, 1.165) is 20.6 Å². The molecule has 0 aliphatic heterocycles. The van der Waals surface area contributed by atoms with E-state index in [2.05, 4.69) is 10.3 Å². The lowest BCUT2D eigenvalue weighted by molar-refractivity contribution is -0.113. The fourth-order valence-corrected chi connectivity index (χ4v) is 3.90. The van der Waals surface area contributed by atoms with Crippen molar-refractivity contribution in [2.24, 2.45) is 0 Å². The van der Waals surface area contributed by atoms with E-state index in [9.17, 15) is 9.18 Å². The van der Waals surface area contributed by atoms with Crippen molar-refractivity contribution in [1.82, 2.24) is 4.98 Å². The predicted octanol–water partition coefficient (Wildman–Crippen LogP) is 4.82. The number of halogens is 2. The van der Waals surface area contributed by atoms with Gasteiger partial charge in [-0.1, -0.05) is 35.5 Å². The Labute approximate surface area is 139 Å². The summed E-state index contributed by atoms with van der Waals surface area (Å²) < 4.78 is 14.9. The summed E-state index contributed by atoms with van der Waals surface area (Å²) in [4.78, 5) is 16.4. The molecule has 0 saturated heterocycles. The van der Waals surface area contributed by atoms with Crippen molar-refractivity contribution < 1.29 is 9.18 Å². The predicted molar refractivity (Wildman–Crippen MR) is 90.4 cm³/mol. The van der Waals surface area contributed by atoms with Crippen molar-refractivity contribution in [2.45, 2.75) is 4.34 Å². The Bertz CT molecular complexity index is 804. The molecule has 0 spiro atoms. The van der Waals surface area contributed by atoms with Gasteiger partial charge in [-0.25, -0.2) is 9.37 Å². The lowest BCUT2D eigenvalue weighted by Gasteiger charge is -2.06. The Morgan fingerprint density at radius 3 is 2.91 bits per heavy atom. The van der Waals surface area contributed by atoms with Crippen LogP contribution >= 0.6 is 34.7 Å². The van der Waals surface area contributed by atoms with Crippen LogP contribution in [0.3, 0.4) is 0 Å². The highest BCUT2D eigenvalue weighted by Gasteiger charge is 2.10. The number of para-hydroxylation sites is 1. The number of hydrogen-bond donors (Lipinski definition) is 1. The molecule has 1 amide bonds. The Morgan fingerprint density at radius 2 is 2.14 bits per heavy atom. The highest BCUT2D eigenvalue weighted by atomic mass is 35.5. The summed E-state index contributed by atoms with van der Waals surface area (Å²) in [5.74, 6) is -0.433. The zero-order valence-electron chi connectivity index (χ0n) is 11.2. The van der Waals surface area contributed by atoms with Crippen molar-refractivity contribution in [2.75, 3.05) is 11.1 Å². The number of carbonyl (C=O) groups excluding carboxylic acids is 1. The van der Waals surface area contributed by atoms with Gasteiger partial charge in [-0.15, -0.1) is 11.3 Å². The number of carbonyl (C=O) groups is 1. The molecule has 0 aliphatic carbocycles. The number of benzene rings is 2. The number of fused-ring (bicyclic) bond motifs is 1. The molecule has 1 heterocycles. The molecule has 0 unspecified atom stereocenters. The average molecular weight is 353 g/mol. The molecule has 7 heteroatoms. The van der Waals surface area contributed by atoms with Crippen molar-refractivity contribution in [3.8, 4) is 0 Å². The van der Waals surface area contributed by atoms with Gasteiger partial charge in [0.2, 0.25) is 5.91 Å². The standard InChI is InChI=1S/C15H10ClFN2OS2/c16-10-7-9(17)5-6-11(10)18-14(20)8-21-15-19-12-3-1-2-4-13(12)22-15/h1-7H,8H2,(H,18,20). The second-order valence-corrected chi connectivity index (χ2v) is 7.07. The molecule has 1 N–H and O–H groups in total. The molecule has 2 aromatic carbocycles. The lowest BCUT2D eigenvalue weighted by atomic mass is 10.3. The Kier molecular flexibility index (Phi) is 4.61. The van der Waals surface area contributed by atoms with E-state index in [1.807, 2.05) is 24.3 Å². The first-order valence-corrected chi connectivity index (χ1v) is 8.53. The van der Waals surface area contributed by atoms with Gasteiger partial charge >= 0.3 is 0 Å². The molecule has 112 valence electrons. The van der Waals surface area contributed by atoms with Gasteiger partial charge < -0.3 is 5.32 Å². The minimum atomic E-state index is -0.438. The van der Waals surface area contributed by atoms with Gasteiger partial charge in [-0.2, -0.15) is 0 Å². The van der Waals surface area contributed by atoms with Crippen molar-refractivity contribution in [1.29, 1.82) is 0 Å². The number of nitrogens with zero attached hydrogens (tertiary/aromatic N) is 1. The Morgan fingerprint density at radius 1 is 1.32 bits per heavy atom. The molecule has 0 atom stereocenters. The normalized spacial score (nSPS) is 10.8. The highest BCUT2D eigenvalue weighted by molar-refractivity contribution is 8.01. The summed E-state index contributed by atoms with van der Waals surface area (Å²) in [6.07, 6.45) is 0. The van der Waals surface area contributed by atoms with Crippen LogP contribution in [0, 0.1) is 5.82 Å². The number of nitrogens with one attached hydrogen (secondary N) is 1. The summed E-state index contributed by atoms with van der Waals surface area (Å²) in [6.45, 7) is 0. The Balaban J connectivity index is 1.62. The molecule has 1 aromatic heterocycles. The molecule has 0 fully saturated rings. The van der Waals surface area contributed by atoms with Crippen LogP contribution in [0.15, 0.2) is 46.8 Å². The SMILES string of the molecule is O=C(CSc1nc2ccccc2s1)Nc1ccc(F)cc1Cl. The molecule has 0 aliphatic rings. The van der Waals surface area contributed by atoms with Gasteiger partial charge in [-0.05, 0) is 30.3 Å². The van der Waals surface area contributed by atoms with Crippen molar-refractivity contribution in [3.63, 3.8) is 0 Å². The lowest BCUT2D eigenvalue weighted by Crippen LogP contribution is -2.14. The summed E-state index contributed by atoms with van der Waals surface area (Å²) in [5.41, 5.74) is 1.33. The maximum absolute atomic E-state index is 12.9. The largest absolute Gasteiger partial charge is 0.324 e. The summed E-state index contributed by atoms with van der Waals surface area (Å²) in [7, 11) is 0. The van der Waals surface area contributed by atoms with E-state index < -0.39 is 5.82 Å². The van der Waals surface area contributed by atoms with Gasteiger partial charge in [0.25, 0.3) is 0 Å². The quantitative estimate of drug-likeness (QED) is 0.684. The Hall–Kier alpha value is -1.63. The van der Waals surface area contributed by atoms with E-state index in [-0.39, 0.29) is 16.7 Å². The summed E-state index contributed by atoms with van der Waals surface area (Å²) in [6, 6.07) is 11.7. The zero-order chi connectivity index (χ0) is 15.5. The van der Waals surface area contributed by atoms with Crippen LogP contribution in [0.2, 0.25) is 5.02 Å². The zero-order valence-corrected chi connectivity index (χ0v) is 13.6. The second kappa shape index (κ2) is 6.64. The topological polar surface area (TPSA) is 42.0 Å². The number of amides is 1. The molecule has 3 aromatic rings. The van der Waals surface area contributed by atoms with E-state index >= 15 is 0 Å². The van der Waals surface area contributed by atoms with Crippen LogP contribution in [0.25, 0.3) is 10.2 Å². The minimum absolute atomic E-state index is 0.179. The first-order chi connectivity index (χ1) is 10.6. The van der Waals surface area contributed by atoms with Gasteiger partial charge in [0, 0.05) is 0 Å². The van der Waals surface area contributed by atoms with Crippen LogP contribution in [0.4, 0.5) is 10.1 Å². The van der Waals surface area contributed by atoms with Gasteiger partial charge in [-0.3, -0.25) is 4.79 Å². The van der Waals surface area contributed by atoms with E-state index in [4.69, 9.17) is 11.6 Å². The van der Waals surface area contributed by atoms with E-state index in [1.54, 1.807) is 11.3 Å². The number of aromatic nitrogens is 1. The van der Waals surface area contributed by atoms with E-state index in [0.29, 0.717) is 5.69 Å². The molecular weight excluding hydrogens is 343 g/mol. The molecule has 0 radical (unpaired) electrons. The third-order valence-electron chi connectivity index (χ3n) is 2.81. The average Bonchev–Trinajstić information content (AvgIpc) is 2.91. The molecule has 22 heavy (non-hydrogen) atoms. The monoisotopic (exact) mass is 352 g/mol. The first-order valence-electron chi connectivity index (χ1n) is 6.35. The first kappa shape index (κ1) is 15.3. The molecule has 0 saturated carbocycles. The third-order valence-corrected chi connectivity index (χ3v) is 5.30. The van der Waals surface area contributed by atoms with Crippen LogP contribution in [0.1, 0.15) is 0 Å². The van der Waals surface area contributed by atoms with Crippen LogP contribution < -0.4 is 5.32 Å². The van der Waals surface area contributed by atoms with Crippen molar-refractivity contribution >= 4 is 56.5 Å². The minimum Gasteiger partial charge on any atom is -0.324 e. The van der Waals surface area contributed by atoms with Crippen molar-refractivity contribution in [3.05, 3.63) is 53.3 Å². The van der Waals surface area contributed by atoms with Gasteiger partial charge in [0.05, 0.1) is 26.7 Å². The molecule has 3 rings (SSSR count). The smallest absolute Gasteiger partial charge is 0.234 e. The van der Waals surface area contributed by atoms with Crippen LogP contribution in [-0.4, -0.2) is 16.6 Å². The number of rotatable bonds is 4. The number of thiazole rings is 1. The van der Waals surface area contributed by atoms with E-state index in [1.165, 1.54) is 23.9 Å². The molecule has 0 bridgehead atoms. The maximum atomic E-state index is 12.9. The second-order valence-electron chi connectivity index (χ2n) is 4.41. The van der Waals surface area contributed by atoms with Crippen LogP contribution in [0.5, 0.6) is 0 Å². The maximum Gasteiger partial charge on any atom is 0.234 e. The summed E-state index contributed by atoms with van der Waals surface area (Å²) in [5, 5.41) is 2.84. The van der Waals surface area contributed by atoms with Crippen LogP contribution in [-0.2, 0) is 4.79 Å². The van der Waals surface area contributed by atoms with Gasteiger partial charge in [0.1, 0.15) is 5.82 Å². The third kappa shape index (κ3) is 3.58. The molecular formula is C15H10ClFN2OS2. The number of anilines is 1. The number of hydrogen-bond acceptors (Lipinski definition) is 4. The summed E-state index contributed by atoms with van der Waals surface area (Å²) >= 11 is 8.78. The fourth-order valence-electron chi connectivity index (χ4n) is 1.82. The number of thioether (sulfide) groups is 1. The van der Waals surface area contributed by atoms with Gasteiger partial charge in [0.15, 0.2) is 4.34 Å². The molecule has 3 nitrogen and oxygen atoms in total. The fraction of sp³-hybridized carbons (Fsp3) is 0.0667. The highest BCUT2D eigenvalue weighted by Crippen LogP contribution is 2.29.